The van der Waals surface area contributed by atoms with E-state index < -0.39 is 0 Å². The average molecular weight is 174 g/mol. The van der Waals surface area contributed by atoms with Gasteiger partial charge in [-0.05, 0) is 23.8 Å². The first-order valence-electron chi connectivity index (χ1n) is 4.05. The van der Waals surface area contributed by atoms with Crippen LogP contribution in [0.2, 0.25) is 0 Å². The Morgan fingerprint density at radius 1 is 1.38 bits per heavy atom. The molecule has 3 nitrogen and oxygen atoms in total. The average Bonchev–Trinajstić information content (AvgIpc) is 2.49. The SMILES string of the molecule is N=C(N)Cc1ccc2occc2c1. The van der Waals surface area contributed by atoms with E-state index in [9.17, 15) is 0 Å². The number of rotatable bonds is 2. The van der Waals surface area contributed by atoms with Gasteiger partial charge in [-0.25, -0.2) is 0 Å². The lowest BCUT2D eigenvalue weighted by Gasteiger charge is -1.98. The molecule has 66 valence electrons. The van der Waals surface area contributed by atoms with E-state index in [1.54, 1.807) is 6.26 Å². The highest BCUT2D eigenvalue weighted by Crippen LogP contribution is 2.16. The van der Waals surface area contributed by atoms with E-state index in [-0.39, 0.29) is 5.84 Å². The van der Waals surface area contributed by atoms with Gasteiger partial charge in [-0.2, -0.15) is 0 Å². The highest BCUT2D eigenvalue weighted by molar-refractivity contribution is 5.82. The molecule has 3 heteroatoms. The van der Waals surface area contributed by atoms with E-state index in [2.05, 4.69) is 0 Å². The van der Waals surface area contributed by atoms with Gasteiger partial charge in [0.2, 0.25) is 0 Å². The monoisotopic (exact) mass is 174 g/mol. The largest absolute Gasteiger partial charge is 0.464 e. The van der Waals surface area contributed by atoms with E-state index in [1.807, 2.05) is 24.3 Å². The molecule has 2 rings (SSSR count). The fraction of sp³-hybridized carbons (Fsp3) is 0.100. The number of amidine groups is 1. The maximum absolute atomic E-state index is 7.16. The van der Waals surface area contributed by atoms with Crippen LogP contribution in [0.1, 0.15) is 5.56 Å². The van der Waals surface area contributed by atoms with Crippen LogP contribution in [-0.2, 0) is 6.42 Å². The zero-order valence-electron chi connectivity index (χ0n) is 7.08. The van der Waals surface area contributed by atoms with Crippen molar-refractivity contribution in [1.29, 1.82) is 5.41 Å². The van der Waals surface area contributed by atoms with Crippen molar-refractivity contribution in [2.24, 2.45) is 5.73 Å². The summed E-state index contributed by atoms with van der Waals surface area (Å²) in [6, 6.07) is 7.71. The molecular weight excluding hydrogens is 164 g/mol. The van der Waals surface area contributed by atoms with Crippen LogP contribution >= 0.6 is 0 Å². The quantitative estimate of drug-likeness (QED) is 0.539. The molecule has 0 aliphatic carbocycles. The Morgan fingerprint density at radius 2 is 2.23 bits per heavy atom. The van der Waals surface area contributed by atoms with Crippen LogP contribution in [-0.4, -0.2) is 5.84 Å². The molecule has 13 heavy (non-hydrogen) atoms. The zero-order valence-corrected chi connectivity index (χ0v) is 7.08. The lowest BCUT2D eigenvalue weighted by atomic mass is 10.1. The van der Waals surface area contributed by atoms with E-state index in [4.69, 9.17) is 15.6 Å². The van der Waals surface area contributed by atoms with Gasteiger partial charge in [0.15, 0.2) is 0 Å². The molecular formula is C10H10N2O. The second-order valence-electron chi connectivity index (χ2n) is 2.99. The molecule has 1 aromatic carbocycles. The lowest BCUT2D eigenvalue weighted by Crippen LogP contribution is -2.12. The smallest absolute Gasteiger partial charge is 0.133 e. The van der Waals surface area contributed by atoms with Gasteiger partial charge in [0, 0.05) is 11.8 Å². The van der Waals surface area contributed by atoms with Crippen LogP contribution in [0.25, 0.3) is 11.0 Å². The third-order valence-corrected chi connectivity index (χ3v) is 1.91. The molecule has 1 heterocycles. The predicted octanol–water partition coefficient (Wildman–Crippen LogP) is 1.91. The lowest BCUT2D eigenvalue weighted by molar-refractivity contribution is 0.616. The molecule has 3 N–H and O–H groups in total. The molecule has 0 saturated heterocycles. The number of hydrogen-bond donors (Lipinski definition) is 2. The summed E-state index contributed by atoms with van der Waals surface area (Å²) in [5, 5.41) is 8.21. The molecule has 0 radical (unpaired) electrons. The fourth-order valence-electron chi connectivity index (χ4n) is 1.35. The number of nitrogens with one attached hydrogen (secondary N) is 1. The molecule has 0 saturated carbocycles. The van der Waals surface area contributed by atoms with Crippen molar-refractivity contribution in [2.45, 2.75) is 6.42 Å². The van der Waals surface area contributed by atoms with Crippen molar-refractivity contribution < 1.29 is 4.42 Å². The molecule has 0 aliphatic rings. The molecule has 0 amide bonds. The number of fused-ring (bicyclic) bond motifs is 1. The van der Waals surface area contributed by atoms with Crippen molar-refractivity contribution in [2.75, 3.05) is 0 Å². The first-order chi connectivity index (χ1) is 6.25. The topological polar surface area (TPSA) is 63.0 Å². The Balaban J connectivity index is 2.42. The molecule has 0 bridgehead atoms. The second-order valence-corrected chi connectivity index (χ2v) is 2.99. The maximum atomic E-state index is 7.16. The molecule has 2 aromatic rings. The normalized spacial score (nSPS) is 10.5. The van der Waals surface area contributed by atoms with Crippen molar-refractivity contribution in [3.63, 3.8) is 0 Å². The van der Waals surface area contributed by atoms with Crippen molar-refractivity contribution in [3.05, 3.63) is 36.1 Å². The van der Waals surface area contributed by atoms with Gasteiger partial charge in [0.25, 0.3) is 0 Å². The summed E-state index contributed by atoms with van der Waals surface area (Å²) in [4.78, 5) is 0. The third kappa shape index (κ3) is 1.54. The molecule has 0 aliphatic heterocycles. The first kappa shape index (κ1) is 7.86. The second kappa shape index (κ2) is 2.94. The van der Waals surface area contributed by atoms with E-state index in [1.165, 1.54) is 0 Å². The highest BCUT2D eigenvalue weighted by atomic mass is 16.3. The van der Waals surface area contributed by atoms with E-state index in [0.29, 0.717) is 6.42 Å². The fourth-order valence-corrected chi connectivity index (χ4v) is 1.35. The minimum atomic E-state index is 0.183. The van der Waals surface area contributed by atoms with Gasteiger partial charge >= 0.3 is 0 Å². The Labute approximate surface area is 75.7 Å². The third-order valence-electron chi connectivity index (χ3n) is 1.91. The first-order valence-corrected chi connectivity index (χ1v) is 4.05. The van der Waals surface area contributed by atoms with E-state index in [0.717, 1.165) is 16.5 Å². The van der Waals surface area contributed by atoms with Crippen LogP contribution in [0.5, 0.6) is 0 Å². The number of benzene rings is 1. The van der Waals surface area contributed by atoms with Crippen molar-refractivity contribution in [1.82, 2.24) is 0 Å². The molecule has 0 unspecified atom stereocenters. The van der Waals surface area contributed by atoms with Gasteiger partial charge < -0.3 is 10.2 Å². The van der Waals surface area contributed by atoms with E-state index >= 15 is 0 Å². The van der Waals surface area contributed by atoms with Crippen LogP contribution in [0.3, 0.4) is 0 Å². The minimum absolute atomic E-state index is 0.183. The predicted molar refractivity (Wildman–Crippen MR) is 51.8 cm³/mol. The molecule has 0 atom stereocenters. The van der Waals surface area contributed by atoms with Gasteiger partial charge in [0.05, 0.1) is 12.1 Å². The van der Waals surface area contributed by atoms with Gasteiger partial charge in [-0.3, -0.25) is 5.41 Å². The van der Waals surface area contributed by atoms with Crippen LogP contribution < -0.4 is 5.73 Å². The van der Waals surface area contributed by atoms with Gasteiger partial charge in [0.1, 0.15) is 5.58 Å². The molecule has 0 spiro atoms. The van der Waals surface area contributed by atoms with Crippen LogP contribution in [0, 0.1) is 5.41 Å². The standard InChI is InChI=1S/C10H10N2O/c11-10(12)6-7-1-2-9-8(5-7)3-4-13-9/h1-5H,6H2,(H3,11,12). The Hall–Kier alpha value is -1.77. The number of hydrogen-bond acceptors (Lipinski definition) is 2. The Kier molecular flexibility index (Phi) is 1.77. The molecule has 1 aromatic heterocycles. The van der Waals surface area contributed by atoms with Crippen LogP contribution in [0.4, 0.5) is 0 Å². The summed E-state index contributed by atoms with van der Waals surface area (Å²) in [6.45, 7) is 0. The van der Waals surface area contributed by atoms with Crippen molar-refractivity contribution >= 4 is 16.8 Å². The Morgan fingerprint density at radius 3 is 3.00 bits per heavy atom. The molecule has 0 fully saturated rings. The summed E-state index contributed by atoms with van der Waals surface area (Å²) in [7, 11) is 0. The van der Waals surface area contributed by atoms with Crippen LogP contribution in [0.15, 0.2) is 34.9 Å². The minimum Gasteiger partial charge on any atom is -0.464 e. The summed E-state index contributed by atoms with van der Waals surface area (Å²) in [5.41, 5.74) is 7.21. The summed E-state index contributed by atoms with van der Waals surface area (Å²) >= 11 is 0. The Bertz CT molecular complexity index is 445. The number of furan rings is 1. The van der Waals surface area contributed by atoms with Gasteiger partial charge in [-0.15, -0.1) is 0 Å². The van der Waals surface area contributed by atoms with Gasteiger partial charge in [-0.1, -0.05) is 6.07 Å². The van der Waals surface area contributed by atoms with Crippen molar-refractivity contribution in [3.8, 4) is 0 Å². The maximum Gasteiger partial charge on any atom is 0.133 e. The highest BCUT2D eigenvalue weighted by Gasteiger charge is 1.99. The number of nitrogens with two attached hydrogens (primary N) is 1. The zero-order chi connectivity index (χ0) is 9.26. The summed E-state index contributed by atoms with van der Waals surface area (Å²) in [6.07, 6.45) is 2.16. The summed E-state index contributed by atoms with van der Waals surface area (Å²) < 4.78 is 5.19. The summed E-state index contributed by atoms with van der Waals surface area (Å²) in [5.74, 6) is 0.183.